The van der Waals surface area contributed by atoms with Crippen molar-refractivity contribution in [2.45, 2.75) is 12.5 Å². The summed E-state index contributed by atoms with van der Waals surface area (Å²) in [4.78, 5) is 17.8. The van der Waals surface area contributed by atoms with Crippen molar-refractivity contribution in [3.8, 4) is 11.3 Å². The molecule has 0 saturated heterocycles. The monoisotopic (exact) mass is 452 g/mol. The van der Waals surface area contributed by atoms with Crippen LogP contribution in [-0.2, 0) is 6.42 Å². The van der Waals surface area contributed by atoms with Crippen molar-refractivity contribution >= 4 is 23.2 Å². The van der Waals surface area contributed by atoms with Gasteiger partial charge in [-0.2, -0.15) is 5.10 Å². The number of amides is 1. The van der Waals surface area contributed by atoms with Gasteiger partial charge in [-0.25, -0.2) is 9.50 Å². The molecule has 1 amide bonds. The summed E-state index contributed by atoms with van der Waals surface area (Å²) >= 11 is 6.40. The van der Waals surface area contributed by atoms with Crippen LogP contribution < -0.4 is 5.32 Å². The van der Waals surface area contributed by atoms with Gasteiger partial charge in [-0.05, 0) is 29.7 Å². The molecule has 5 rings (SSSR count). The van der Waals surface area contributed by atoms with Crippen LogP contribution in [-0.4, -0.2) is 20.5 Å². The Kier molecular flexibility index (Phi) is 5.87. The molecule has 1 unspecified atom stereocenters. The summed E-state index contributed by atoms with van der Waals surface area (Å²) in [6.07, 6.45) is 3.90. The fraction of sp³-hybridized carbons (Fsp3) is 0.0741. The van der Waals surface area contributed by atoms with E-state index < -0.39 is 0 Å². The topological polar surface area (TPSA) is 59.3 Å². The molecule has 0 fully saturated rings. The number of hydrogen-bond donors (Lipinski definition) is 1. The van der Waals surface area contributed by atoms with Crippen LogP contribution in [0.5, 0.6) is 0 Å². The van der Waals surface area contributed by atoms with Gasteiger partial charge in [0.1, 0.15) is 5.56 Å². The second-order valence-corrected chi connectivity index (χ2v) is 8.14. The van der Waals surface area contributed by atoms with Crippen molar-refractivity contribution in [3.05, 3.63) is 125 Å². The second-order valence-electron chi connectivity index (χ2n) is 7.73. The minimum atomic E-state index is -0.224. The zero-order valence-corrected chi connectivity index (χ0v) is 18.5. The van der Waals surface area contributed by atoms with Gasteiger partial charge in [0.2, 0.25) is 0 Å². The number of aromatic nitrogens is 3. The molecule has 33 heavy (non-hydrogen) atoms. The first kappa shape index (κ1) is 20.9. The van der Waals surface area contributed by atoms with Crippen molar-refractivity contribution in [3.63, 3.8) is 0 Å². The van der Waals surface area contributed by atoms with E-state index in [1.165, 1.54) is 0 Å². The number of nitrogens with zero attached hydrogens (tertiary/aromatic N) is 3. The molecule has 0 spiro atoms. The smallest absolute Gasteiger partial charge is 0.257 e. The van der Waals surface area contributed by atoms with Gasteiger partial charge in [-0.1, -0.05) is 90.5 Å². The van der Waals surface area contributed by atoms with Gasteiger partial charge in [0.05, 0.1) is 17.9 Å². The summed E-state index contributed by atoms with van der Waals surface area (Å²) in [5.74, 6) is -0.224. The Labute approximate surface area is 196 Å². The highest BCUT2D eigenvalue weighted by molar-refractivity contribution is 6.33. The number of carbonyl (C=O) groups is 1. The standard InChI is InChI=1S/C27H21ClN4O/c28-23-14-8-7-13-21(23)25-15-16-29-26-22(18-30-32(25)26)27(33)31-24(20-11-5-2-6-12-20)17-19-9-3-1-4-10-19/h1-16,18,24H,17H2,(H,31,33). The van der Waals surface area contributed by atoms with Crippen molar-refractivity contribution in [1.82, 2.24) is 19.9 Å². The largest absolute Gasteiger partial charge is 0.345 e. The number of benzene rings is 3. The maximum absolute atomic E-state index is 13.4. The average molecular weight is 453 g/mol. The van der Waals surface area contributed by atoms with Crippen molar-refractivity contribution in [1.29, 1.82) is 0 Å². The summed E-state index contributed by atoms with van der Waals surface area (Å²) in [5.41, 5.74) is 4.68. The third-order valence-corrected chi connectivity index (χ3v) is 5.92. The Hall–Kier alpha value is -3.96. The maximum atomic E-state index is 13.4. The number of carbonyl (C=O) groups excluding carboxylic acids is 1. The molecular weight excluding hydrogens is 432 g/mol. The van der Waals surface area contributed by atoms with Gasteiger partial charge in [-0.15, -0.1) is 0 Å². The predicted molar refractivity (Wildman–Crippen MR) is 130 cm³/mol. The summed E-state index contributed by atoms with van der Waals surface area (Å²) < 4.78 is 1.66. The molecule has 2 heterocycles. The molecule has 0 saturated carbocycles. The Morgan fingerprint density at radius 3 is 2.36 bits per heavy atom. The van der Waals surface area contributed by atoms with Crippen LogP contribution in [0.25, 0.3) is 16.9 Å². The highest BCUT2D eigenvalue weighted by Crippen LogP contribution is 2.28. The molecule has 0 aliphatic heterocycles. The van der Waals surface area contributed by atoms with E-state index in [1.54, 1.807) is 16.9 Å². The van der Waals surface area contributed by atoms with Crippen molar-refractivity contribution in [2.24, 2.45) is 0 Å². The van der Waals surface area contributed by atoms with Crippen LogP contribution in [0.4, 0.5) is 0 Å². The van der Waals surface area contributed by atoms with Crippen LogP contribution >= 0.6 is 11.6 Å². The van der Waals surface area contributed by atoms with E-state index in [0.29, 0.717) is 22.7 Å². The number of halogens is 1. The van der Waals surface area contributed by atoms with E-state index >= 15 is 0 Å². The zero-order chi connectivity index (χ0) is 22.6. The Morgan fingerprint density at radius 2 is 1.61 bits per heavy atom. The molecular formula is C27H21ClN4O. The fourth-order valence-corrected chi connectivity index (χ4v) is 4.18. The van der Waals surface area contributed by atoms with E-state index in [0.717, 1.165) is 22.4 Å². The molecule has 0 aliphatic carbocycles. The first-order chi connectivity index (χ1) is 16.2. The van der Waals surface area contributed by atoms with E-state index in [9.17, 15) is 4.79 Å². The van der Waals surface area contributed by atoms with Crippen LogP contribution in [0.2, 0.25) is 5.02 Å². The van der Waals surface area contributed by atoms with Gasteiger partial charge in [0, 0.05) is 16.8 Å². The van der Waals surface area contributed by atoms with Gasteiger partial charge < -0.3 is 5.32 Å². The number of rotatable bonds is 6. The lowest BCUT2D eigenvalue weighted by atomic mass is 9.98. The van der Waals surface area contributed by atoms with E-state index in [-0.39, 0.29) is 11.9 Å². The summed E-state index contributed by atoms with van der Waals surface area (Å²) in [5, 5.41) is 8.25. The van der Waals surface area contributed by atoms with Gasteiger partial charge in [0.25, 0.3) is 5.91 Å². The molecule has 162 valence electrons. The lowest BCUT2D eigenvalue weighted by Gasteiger charge is -2.19. The first-order valence-electron chi connectivity index (χ1n) is 10.7. The minimum Gasteiger partial charge on any atom is -0.345 e. The number of fused-ring (bicyclic) bond motifs is 1. The lowest BCUT2D eigenvalue weighted by molar-refractivity contribution is 0.0938. The normalized spacial score (nSPS) is 11.9. The van der Waals surface area contributed by atoms with Crippen LogP contribution in [0.1, 0.15) is 27.5 Å². The molecule has 2 aromatic heterocycles. The molecule has 5 aromatic rings. The molecule has 6 heteroatoms. The summed E-state index contributed by atoms with van der Waals surface area (Å²) in [6, 6.07) is 29.3. The van der Waals surface area contributed by atoms with Crippen LogP contribution in [0, 0.1) is 0 Å². The van der Waals surface area contributed by atoms with Crippen molar-refractivity contribution < 1.29 is 4.79 Å². The number of nitrogens with one attached hydrogen (secondary N) is 1. The van der Waals surface area contributed by atoms with Crippen LogP contribution in [0.3, 0.4) is 0 Å². The molecule has 0 radical (unpaired) electrons. The average Bonchev–Trinajstić information content (AvgIpc) is 3.30. The minimum absolute atomic E-state index is 0.192. The quantitative estimate of drug-likeness (QED) is 0.356. The molecule has 1 atom stereocenters. The predicted octanol–water partition coefficient (Wildman–Crippen LogP) is 5.76. The van der Waals surface area contributed by atoms with E-state index in [4.69, 9.17) is 11.6 Å². The van der Waals surface area contributed by atoms with Crippen molar-refractivity contribution in [2.75, 3.05) is 0 Å². The summed E-state index contributed by atoms with van der Waals surface area (Å²) in [7, 11) is 0. The zero-order valence-electron chi connectivity index (χ0n) is 17.7. The van der Waals surface area contributed by atoms with Gasteiger partial charge >= 0.3 is 0 Å². The van der Waals surface area contributed by atoms with Crippen LogP contribution in [0.15, 0.2) is 103 Å². The molecule has 5 nitrogen and oxygen atoms in total. The highest BCUT2D eigenvalue weighted by Gasteiger charge is 2.21. The molecule has 1 N–H and O–H groups in total. The Balaban J connectivity index is 1.49. The van der Waals surface area contributed by atoms with Gasteiger partial charge in [0.15, 0.2) is 5.65 Å². The van der Waals surface area contributed by atoms with E-state index in [2.05, 4.69) is 27.5 Å². The molecule has 3 aromatic carbocycles. The maximum Gasteiger partial charge on any atom is 0.257 e. The lowest BCUT2D eigenvalue weighted by Crippen LogP contribution is -2.30. The molecule has 0 bridgehead atoms. The molecule has 0 aliphatic rings. The fourth-order valence-electron chi connectivity index (χ4n) is 3.95. The Morgan fingerprint density at radius 1 is 0.909 bits per heavy atom. The van der Waals surface area contributed by atoms with E-state index in [1.807, 2.05) is 78.9 Å². The third-order valence-electron chi connectivity index (χ3n) is 5.59. The highest BCUT2D eigenvalue weighted by atomic mass is 35.5. The summed E-state index contributed by atoms with van der Waals surface area (Å²) in [6.45, 7) is 0. The SMILES string of the molecule is O=C(NC(Cc1ccccc1)c1ccccc1)c1cnn2c(-c3ccccc3Cl)ccnc12. The van der Waals surface area contributed by atoms with Gasteiger partial charge in [-0.3, -0.25) is 4.79 Å². The second kappa shape index (κ2) is 9.27. The Bertz CT molecular complexity index is 1400. The third kappa shape index (κ3) is 4.36. The first-order valence-corrected chi connectivity index (χ1v) is 11.1. The number of hydrogen-bond acceptors (Lipinski definition) is 3.